The summed E-state index contributed by atoms with van der Waals surface area (Å²) < 4.78 is 33.8. The van der Waals surface area contributed by atoms with Crippen molar-refractivity contribution in [2.24, 2.45) is 0 Å². The molecule has 37 heavy (non-hydrogen) atoms. The molecule has 3 aromatic rings. The van der Waals surface area contributed by atoms with Crippen LogP contribution in [0.15, 0.2) is 77.7 Å². The molecule has 0 fully saturated rings. The van der Waals surface area contributed by atoms with Crippen LogP contribution < -0.4 is 14.4 Å². The largest absolute Gasteiger partial charge is 0.494 e. The zero-order valence-electron chi connectivity index (χ0n) is 21.6. The number of amides is 2. The number of benzene rings is 3. The van der Waals surface area contributed by atoms with Gasteiger partial charge in [-0.1, -0.05) is 29.8 Å². The molecule has 196 valence electrons. The molecule has 9 heteroatoms. The Morgan fingerprint density at radius 3 is 2.08 bits per heavy atom. The van der Waals surface area contributed by atoms with Crippen molar-refractivity contribution in [1.29, 1.82) is 0 Å². The first kappa shape index (κ1) is 27.7. The molecule has 0 bridgehead atoms. The lowest BCUT2D eigenvalue weighted by Gasteiger charge is -2.25. The van der Waals surface area contributed by atoms with E-state index in [-0.39, 0.29) is 10.8 Å². The summed E-state index contributed by atoms with van der Waals surface area (Å²) in [6.07, 6.45) is 0. The summed E-state index contributed by atoms with van der Waals surface area (Å²) >= 11 is 0. The van der Waals surface area contributed by atoms with Gasteiger partial charge in [-0.05, 0) is 76.2 Å². The molecule has 0 saturated heterocycles. The summed E-state index contributed by atoms with van der Waals surface area (Å²) in [6.45, 7) is 8.54. The lowest BCUT2D eigenvalue weighted by Crippen LogP contribution is -2.38. The van der Waals surface area contributed by atoms with Crippen LogP contribution in [0.3, 0.4) is 0 Å². The van der Waals surface area contributed by atoms with Crippen LogP contribution in [0.25, 0.3) is 0 Å². The average molecular weight is 524 g/mol. The number of nitrogens with zero attached hydrogens (tertiary/aromatic N) is 2. The molecular weight excluding hydrogens is 490 g/mol. The lowest BCUT2D eigenvalue weighted by molar-refractivity contribution is -0.114. The van der Waals surface area contributed by atoms with Gasteiger partial charge in [0.2, 0.25) is 5.91 Å². The van der Waals surface area contributed by atoms with Crippen LogP contribution in [0, 0.1) is 6.92 Å². The fraction of sp³-hybridized carbons (Fsp3) is 0.286. The van der Waals surface area contributed by atoms with E-state index in [1.807, 2.05) is 27.7 Å². The SMILES string of the molecule is CCOc1ccc(S(=O)(=O)N(CC(=O)Nc2ccccc2C(=O)N(CC)CC)c2ccc(C)cc2)cc1. The second-order valence-electron chi connectivity index (χ2n) is 8.32. The van der Waals surface area contributed by atoms with Gasteiger partial charge in [0.1, 0.15) is 12.3 Å². The molecule has 0 unspecified atom stereocenters. The van der Waals surface area contributed by atoms with Gasteiger partial charge in [0.25, 0.3) is 15.9 Å². The number of rotatable bonds is 11. The maximum atomic E-state index is 13.7. The predicted octanol–water partition coefficient (Wildman–Crippen LogP) is 4.71. The highest BCUT2D eigenvalue weighted by molar-refractivity contribution is 7.92. The molecule has 0 aromatic heterocycles. The fourth-order valence-corrected chi connectivity index (χ4v) is 5.23. The summed E-state index contributed by atoms with van der Waals surface area (Å²) in [7, 11) is -4.09. The molecule has 0 radical (unpaired) electrons. The second kappa shape index (κ2) is 12.4. The van der Waals surface area contributed by atoms with E-state index in [0.717, 1.165) is 9.87 Å². The molecule has 1 N–H and O–H groups in total. The number of para-hydroxylation sites is 1. The first-order valence-electron chi connectivity index (χ1n) is 12.2. The first-order valence-corrected chi connectivity index (χ1v) is 13.7. The van der Waals surface area contributed by atoms with Crippen molar-refractivity contribution in [3.8, 4) is 5.75 Å². The van der Waals surface area contributed by atoms with Crippen LogP contribution in [-0.4, -0.2) is 51.4 Å². The molecule has 0 aliphatic carbocycles. The number of carbonyl (C=O) groups is 2. The zero-order valence-corrected chi connectivity index (χ0v) is 22.4. The van der Waals surface area contributed by atoms with Crippen molar-refractivity contribution in [2.45, 2.75) is 32.6 Å². The van der Waals surface area contributed by atoms with Gasteiger partial charge in [-0.3, -0.25) is 13.9 Å². The third-order valence-electron chi connectivity index (χ3n) is 5.81. The lowest BCUT2D eigenvalue weighted by atomic mass is 10.1. The van der Waals surface area contributed by atoms with Crippen LogP contribution in [0.4, 0.5) is 11.4 Å². The Morgan fingerprint density at radius 1 is 0.865 bits per heavy atom. The zero-order chi connectivity index (χ0) is 27.0. The Bertz CT molecular complexity index is 1320. The van der Waals surface area contributed by atoms with E-state index in [9.17, 15) is 18.0 Å². The maximum Gasteiger partial charge on any atom is 0.264 e. The van der Waals surface area contributed by atoms with Gasteiger partial charge in [0.15, 0.2) is 0 Å². The predicted molar refractivity (Wildman–Crippen MR) is 146 cm³/mol. The normalized spacial score (nSPS) is 11.0. The van der Waals surface area contributed by atoms with Gasteiger partial charge in [-0.25, -0.2) is 8.42 Å². The molecule has 0 aliphatic heterocycles. The van der Waals surface area contributed by atoms with Crippen molar-refractivity contribution >= 4 is 33.2 Å². The Balaban J connectivity index is 1.93. The van der Waals surface area contributed by atoms with Crippen molar-refractivity contribution in [2.75, 3.05) is 35.9 Å². The summed E-state index contributed by atoms with van der Waals surface area (Å²) in [6, 6.07) is 19.7. The van der Waals surface area contributed by atoms with Crippen LogP contribution >= 0.6 is 0 Å². The fourth-order valence-electron chi connectivity index (χ4n) is 3.81. The topological polar surface area (TPSA) is 96.0 Å². The molecule has 0 saturated carbocycles. The van der Waals surface area contributed by atoms with E-state index in [4.69, 9.17) is 4.74 Å². The molecule has 0 spiro atoms. The molecule has 3 aromatic carbocycles. The number of hydrogen-bond donors (Lipinski definition) is 1. The van der Waals surface area contributed by atoms with E-state index in [2.05, 4.69) is 5.32 Å². The van der Waals surface area contributed by atoms with Gasteiger partial charge < -0.3 is 15.0 Å². The summed E-state index contributed by atoms with van der Waals surface area (Å²) in [5.41, 5.74) is 1.97. The number of nitrogens with one attached hydrogen (secondary N) is 1. The number of aryl methyl sites for hydroxylation is 1. The van der Waals surface area contributed by atoms with Crippen molar-refractivity contribution in [3.63, 3.8) is 0 Å². The van der Waals surface area contributed by atoms with E-state index < -0.39 is 22.5 Å². The van der Waals surface area contributed by atoms with Gasteiger partial charge in [0, 0.05) is 13.1 Å². The third kappa shape index (κ3) is 6.68. The number of carbonyl (C=O) groups excluding carboxylic acids is 2. The standard InChI is InChI=1S/C28H33N3O5S/c1-5-30(6-2)28(33)25-10-8-9-11-26(25)29-27(32)20-31(22-14-12-21(4)13-15-22)37(34,35)24-18-16-23(17-19-24)36-7-3/h8-19H,5-7,20H2,1-4H3,(H,29,32). The first-order chi connectivity index (χ1) is 17.7. The third-order valence-corrected chi connectivity index (χ3v) is 7.60. The van der Waals surface area contributed by atoms with Crippen LogP contribution in [0.2, 0.25) is 0 Å². The number of hydrogen-bond acceptors (Lipinski definition) is 5. The Morgan fingerprint density at radius 2 is 1.49 bits per heavy atom. The van der Waals surface area contributed by atoms with E-state index in [0.29, 0.717) is 42.4 Å². The summed E-state index contributed by atoms with van der Waals surface area (Å²) in [4.78, 5) is 27.8. The maximum absolute atomic E-state index is 13.7. The molecule has 0 aliphatic rings. The quantitative estimate of drug-likeness (QED) is 0.393. The highest BCUT2D eigenvalue weighted by Crippen LogP contribution is 2.26. The van der Waals surface area contributed by atoms with E-state index >= 15 is 0 Å². The molecule has 0 atom stereocenters. The van der Waals surface area contributed by atoms with E-state index in [1.165, 1.54) is 12.1 Å². The monoisotopic (exact) mass is 523 g/mol. The van der Waals surface area contributed by atoms with Gasteiger partial charge >= 0.3 is 0 Å². The van der Waals surface area contributed by atoms with E-state index in [1.54, 1.807) is 65.6 Å². The molecule has 3 rings (SSSR count). The van der Waals surface area contributed by atoms with Crippen molar-refractivity contribution < 1.29 is 22.7 Å². The molecule has 0 heterocycles. The highest BCUT2D eigenvalue weighted by Gasteiger charge is 2.28. The van der Waals surface area contributed by atoms with Crippen LogP contribution in [-0.2, 0) is 14.8 Å². The molecule has 8 nitrogen and oxygen atoms in total. The summed E-state index contributed by atoms with van der Waals surface area (Å²) in [5.74, 6) is -0.233. The van der Waals surface area contributed by atoms with Gasteiger partial charge in [-0.2, -0.15) is 0 Å². The smallest absolute Gasteiger partial charge is 0.264 e. The number of sulfonamides is 1. The van der Waals surface area contributed by atoms with Crippen molar-refractivity contribution in [1.82, 2.24) is 4.90 Å². The van der Waals surface area contributed by atoms with Crippen LogP contribution in [0.1, 0.15) is 36.7 Å². The Kier molecular flexibility index (Phi) is 9.30. The van der Waals surface area contributed by atoms with Gasteiger partial charge in [-0.15, -0.1) is 0 Å². The molecular formula is C28H33N3O5S. The highest BCUT2D eigenvalue weighted by atomic mass is 32.2. The Labute approximate surface area is 218 Å². The number of ether oxygens (including phenoxy) is 1. The summed E-state index contributed by atoms with van der Waals surface area (Å²) in [5, 5.41) is 2.74. The molecule has 2 amide bonds. The minimum Gasteiger partial charge on any atom is -0.494 e. The minimum atomic E-state index is -4.09. The average Bonchev–Trinajstić information content (AvgIpc) is 2.89. The van der Waals surface area contributed by atoms with Crippen LogP contribution in [0.5, 0.6) is 5.75 Å². The Hall–Kier alpha value is -3.85. The second-order valence-corrected chi connectivity index (χ2v) is 10.2. The minimum absolute atomic E-state index is 0.0291. The van der Waals surface area contributed by atoms with Gasteiger partial charge in [0.05, 0.1) is 28.4 Å². The number of anilines is 2. The van der Waals surface area contributed by atoms with Crippen molar-refractivity contribution in [3.05, 3.63) is 83.9 Å².